The zero-order valence-corrected chi connectivity index (χ0v) is 36.7. The van der Waals surface area contributed by atoms with E-state index < -0.39 is 75.9 Å². The van der Waals surface area contributed by atoms with Crippen molar-refractivity contribution in [3.05, 3.63) is 0 Å². The van der Waals surface area contributed by atoms with Crippen LogP contribution in [0.4, 0.5) is 0 Å². The molecule has 1 aliphatic heterocycles. The summed E-state index contributed by atoms with van der Waals surface area (Å²) in [5.41, 5.74) is 0. The van der Waals surface area contributed by atoms with Gasteiger partial charge in [-0.2, -0.15) is 0 Å². The van der Waals surface area contributed by atoms with Crippen molar-refractivity contribution in [2.24, 2.45) is 0 Å². The van der Waals surface area contributed by atoms with E-state index in [0.717, 1.165) is 25.7 Å². The molecule has 64 heavy (non-hydrogen) atoms. The number of phosphoric acid groups is 1. The van der Waals surface area contributed by atoms with Crippen LogP contribution in [0.3, 0.4) is 0 Å². The zero-order chi connectivity index (χ0) is 47.1. The molecule has 382 valence electrons. The highest BCUT2D eigenvalue weighted by Crippen LogP contribution is 2.37. The number of ether oxygens (including phenoxy) is 2. The van der Waals surface area contributed by atoms with E-state index in [1.54, 1.807) is 6.92 Å². The highest BCUT2D eigenvalue weighted by atomic mass is 31.2. The first-order chi connectivity index (χ1) is 30.9. The Morgan fingerprint density at radius 1 is 0.625 bits per heavy atom. The first kappa shape index (κ1) is 56.0. The number of amides is 1. The standard InChI is InChI=1S/C50H52NO12P.24H2/c1-3-5-7-9-11-13-15-17-18-19-20-21-22-23-24-25-26-27-29-31-33-35-37-39-45(53)51-42(40-61-50-49(57)48(56)47(55)44(63-50)41-62-64(58,59)60)46(54)43(52)38-36-34-32-30-28-16-14-12-10-8-6-4-2;;;;;;;;;;;;;;;;;;;;;;;;/h42-44,46-50,52,54-57H,4,6,8,10,12,14,16,28,30,32,34,36,38,40-41H2,1-2H3,(H,51,53)(H2,58,59,60);24*1H/t42-,43+,44?,46-,47-,48-,49?,50-;;;;;;;;;;;;;;;;;;;;;;;;/m0......................../s1. The minimum Gasteiger partial charge on any atom is -0.390 e. The lowest BCUT2D eigenvalue weighted by Gasteiger charge is -2.40. The van der Waals surface area contributed by atoms with Crippen molar-refractivity contribution in [3.63, 3.8) is 0 Å². The van der Waals surface area contributed by atoms with Crippen LogP contribution < -0.4 is 5.32 Å². The molecule has 1 aliphatic rings. The summed E-state index contributed by atoms with van der Waals surface area (Å²) in [6.45, 7) is 2.39. The third-order valence-electron chi connectivity index (χ3n) is 8.61. The van der Waals surface area contributed by atoms with Crippen molar-refractivity contribution in [3.8, 4) is 142 Å². The van der Waals surface area contributed by atoms with Crippen LogP contribution in [0.1, 0.15) is 132 Å². The van der Waals surface area contributed by atoms with Gasteiger partial charge in [-0.05, 0) is 108 Å². The SMILES string of the molecule is CC#CC#CC#CC#CC#CC#CC#CC#CC#CC#CC#CC#CC(=O)N[C@@H](CO[C@H]1OC(COP(=O)(O)O)[C@H](O)[C@H](O)C1O)[C@H](O)[C@H](O)CCCCCCCCCCCCCC.[HH].[HH].[HH].[HH].[HH].[HH].[HH].[HH].[HH].[HH].[HH].[HH].[HH].[HH].[HH].[HH].[HH].[HH].[HH].[HH].[HH].[HH].[HH].[HH]. The second kappa shape index (κ2) is 36.5. The van der Waals surface area contributed by atoms with Gasteiger partial charge in [-0.25, -0.2) is 4.57 Å². The van der Waals surface area contributed by atoms with Crippen LogP contribution in [0.5, 0.6) is 0 Å². The molecule has 1 amide bonds. The van der Waals surface area contributed by atoms with Gasteiger partial charge in [0.25, 0.3) is 5.91 Å². The Labute approximate surface area is 413 Å². The highest BCUT2D eigenvalue weighted by molar-refractivity contribution is 7.46. The first-order valence-electron chi connectivity index (χ1n) is 20.5. The molecule has 8 N–H and O–H groups in total. The van der Waals surface area contributed by atoms with Gasteiger partial charge in [0.2, 0.25) is 0 Å². The highest BCUT2D eigenvalue weighted by Gasteiger charge is 2.45. The van der Waals surface area contributed by atoms with Gasteiger partial charge in [0.05, 0.1) is 25.4 Å². The Balaban J connectivity index is -0.0000000776. The molecule has 13 nitrogen and oxygen atoms in total. The third-order valence-corrected chi connectivity index (χ3v) is 9.09. The van der Waals surface area contributed by atoms with E-state index >= 15 is 0 Å². The van der Waals surface area contributed by atoms with Crippen LogP contribution in [0.15, 0.2) is 0 Å². The number of nitrogens with one attached hydrogen (secondary N) is 1. The maximum absolute atomic E-state index is 12.8. The number of carbonyl (C=O) groups excluding carboxylic acids is 1. The van der Waals surface area contributed by atoms with Crippen LogP contribution in [0, 0.1) is 142 Å². The molecule has 8 atom stereocenters. The Bertz CT molecular complexity index is 2410. The quantitative estimate of drug-likeness (QED) is 0.0308. The lowest BCUT2D eigenvalue weighted by molar-refractivity contribution is -0.302. The van der Waals surface area contributed by atoms with Crippen molar-refractivity contribution in [2.75, 3.05) is 13.2 Å². The van der Waals surface area contributed by atoms with E-state index in [4.69, 9.17) is 19.3 Å². The maximum atomic E-state index is 12.8. The smallest absolute Gasteiger partial charge is 0.390 e. The Morgan fingerprint density at radius 2 is 1.03 bits per heavy atom. The molecule has 1 heterocycles. The van der Waals surface area contributed by atoms with E-state index in [1.807, 2.05) is 0 Å². The Kier molecular flexibility index (Phi) is 32.0. The second-order valence-electron chi connectivity index (χ2n) is 13.6. The van der Waals surface area contributed by atoms with Crippen LogP contribution in [-0.2, 0) is 23.4 Å². The van der Waals surface area contributed by atoms with Crippen LogP contribution in [0.2, 0.25) is 0 Å². The van der Waals surface area contributed by atoms with Gasteiger partial charge in [-0.15, -0.1) is 0 Å². The topological polar surface area (TPSA) is 215 Å². The summed E-state index contributed by atoms with van der Waals surface area (Å²) in [5.74, 6) is 58.0. The number of hydrogen-bond donors (Lipinski definition) is 8. The summed E-state index contributed by atoms with van der Waals surface area (Å²) in [6.07, 6.45) is 1.81. The number of phosphoric ester groups is 1. The van der Waals surface area contributed by atoms with Gasteiger partial charge < -0.3 is 50.1 Å². The van der Waals surface area contributed by atoms with Crippen LogP contribution >= 0.6 is 7.82 Å². The van der Waals surface area contributed by atoms with Crippen molar-refractivity contribution in [2.45, 2.75) is 146 Å². The number of aliphatic hydroxyl groups is 5. The molecule has 0 aromatic heterocycles. The van der Waals surface area contributed by atoms with E-state index in [0.29, 0.717) is 6.42 Å². The van der Waals surface area contributed by atoms with Gasteiger partial charge in [-0.1, -0.05) is 89.9 Å². The number of unbranched alkanes of at least 4 members (excludes halogenated alkanes) is 11. The minimum absolute atomic E-state index is 0. The first-order valence-corrected chi connectivity index (χ1v) is 22.0. The molecule has 2 unspecified atom stereocenters. The minimum atomic E-state index is -4.99. The fourth-order valence-electron chi connectivity index (χ4n) is 5.40. The molecule has 0 aliphatic carbocycles. The summed E-state index contributed by atoms with van der Waals surface area (Å²) >= 11 is 0. The molecule has 1 fully saturated rings. The molecule has 0 aromatic carbocycles. The second-order valence-corrected chi connectivity index (χ2v) is 14.8. The fourth-order valence-corrected chi connectivity index (χ4v) is 5.74. The van der Waals surface area contributed by atoms with Crippen molar-refractivity contribution >= 4 is 13.7 Å². The number of rotatable bonds is 22. The summed E-state index contributed by atoms with van der Waals surface area (Å²) in [4.78, 5) is 30.8. The van der Waals surface area contributed by atoms with E-state index in [2.05, 4.69) is 159 Å². The zero-order valence-electron chi connectivity index (χ0n) is 35.8. The molecule has 0 bridgehead atoms. The van der Waals surface area contributed by atoms with Crippen molar-refractivity contribution in [1.29, 1.82) is 0 Å². The average Bonchev–Trinajstić information content (AvgIpc) is 3.27. The summed E-state index contributed by atoms with van der Waals surface area (Å²) in [6, 6.07) is -1.34. The van der Waals surface area contributed by atoms with Gasteiger partial charge in [0.15, 0.2) is 6.29 Å². The van der Waals surface area contributed by atoms with Gasteiger partial charge in [-0.3, -0.25) is 9.32 Å². The van der Waals surface area contributed by atoms with Gasteiger partial charge in [0.1, 0.15) is 30.5 Å². The van der Waals surface area contributed by atoms with Crippen LogP contribution in [-0.4, -0.2) is 103 Å². The molecule has 0 aromatic rings. The monoisotopic (exact) mass is 938 g/mol. The number of carbonyl (C=O) groups is 1. The Hall–Kier alpha value is -5.98. The fraction of sp³-hybridized carbons (Fsp3) is 0.500. The molecular formula is C50H100NO12P. The average molecular weight is 938 g/mol. The lowest BCUT2D eigenvalue weighted by Crippen LogP contribution is -2.60. The van der Waals surface area contributed by atoms with E-state index in [1.165, 1.54) is 44.9 Å². The van der Waals surface area contributed by atoms with Crippen molar-refractivity contribution < 1.29 is 92.9 Å². The van der Waals surface area contributed by atoms with Gasteiger partial charge in [0, 0.05) is 75.7 Å². The molecule has 14 heteroatoms. The molecule has 0 saturated carbocycles. The molecule has 0 radical (unpaired) electrons. The van der Waals surface area contributed by atoms with E-state index in [9.17, 15) is 34.9 Å². The third kappa shape index (κ3) is 29.3. The molecule has 0 spiro atoms. The summed E-state index contributed by atoms with van der Waals surface area (Å²) in [5, 5.41) is 55.4. The summed E-state index contributed by atoms with van der Waals surface area (Å²) < 4.78 is 26.5. The maximum Gasteiger partial charge on any atom is 0.469 e. The predicted molar refractivity (Wildman–Crippen MR) is 290 cm³/mol. The normalized spacial score (nSPS) is 17.7. The molecular weight excluding hydrogens is 838 g/mol. The van der Waals surface area contributed by atoms with E-state index in [-0.39, 0.29) is 40.7 Å². The van der Waals surface area contributed by atoms with Crippen molar-refractivity contribution in [1.82, 2.24) is 5.32 Å². The predicted octanol–water partition coefficient (Wildman–Crippen LogP) is 7.18. The summed E-state index contributed by atoms with van der Waals surface area (Å²) in [7, 11) is -4.99. The largest absolute Gasteiger partial charge is 0.469 e. The number of aliphatic hydroxyl groups excluding tert-OH is 5. The van der Waals surface area contributed by atoms with Gasteiger partial charge >= 0.3 is 7.82 Å². The molecule has 1 saturated heterocycles. The lowest BCUT2D eigenvalue weighted by atomic mass is 9.98. The van der Waals surface area contributed by atoms with Crippen LogP contribution in [0.25, 0.3) is 0 Å². The molecule has 1 rings (SSSR count). The Morgan fingerprint density at radius 3 is 1.45 bits per heavy atom. The number of hydrogen-bond acceptors (Lipinski definition) is 10.